The zero-order chi connectivity index (χ0) is 60.0. The number of nitrogens with two attached hydrogens (primary N) is 1. The molecular formula is C52H49Cl6N15O8. The number of aromatic nitrogens is 9. The molecule has 2 amide bonds. The van der Waals surface area contributed by atoms with Crippen LogP contribution in [0.3, 0.4) is 0 Å². The number of nitrogens with zero attached hydrogens (tertiary/aromatic N) is 8. The second-order valence-electron chi connectivity index (χ2n) is 18.2. The first kappa shape index (κ1) is 63.7. The van der Waals surface area contributed by atoms with Crippen molar-refractivity contribution in [2.24, 2.45) is 5.10 Å². The van der Waals surface area contributed by atoms with Crippen LogP contribution in [-0.4, -0.2) is 69.7 Å². The minimum atomic E-state index is -1.03. The van der Waals surface area contributed by atoms with E-state index in [1.54, 1.807) is 49.4 Å². The smallest absolute Gasteiger partial charge is 0.414 e. The minimum Gasteiger partial charge on any atom is -0.450 e. The third kappa shape index (κ3) is 17.2. The number of aromatic amines is 4. The van der Waals surface area contributed by atoms with E-state index < -0.39 is 34.7 Å². The standard InChI is InChI=1S/C20H20Cl2N6O4.C18H14Cl2N6O3.C14H15Cl2N3O/c1-4-32-20(31)24-19(30)17(9-23)27-25-12-7-15(21)14(16(22)8-12)6-11-5-13(10(2)3)18(29)28-26-11;1-8(2)11-3-9(23-24-16(11)27)4-12-13(19)5-10(6-14(12)20)26-18(29)22-17(28)15(7-21)25-26;1-7(2)10-5-9(18-19-14(10)20)6-11-12(15)3-8(17)4-13(11)16/h5,7-8,10,25H,4,6H2,1-3H3,(H,28,29)(H,24,30,31);3,5-6,8H,4H2,1-2H3,(H,24,27)(H,22,28,29);3-5,7H,6,17H2,1-2H3,(H,19,20)/b27-17-;;. The maximum atomic E-state index is 12.0. The van der Waals surface area contributed by atoms with Gasteiger partial charge in [0.15, 0.2) is 0 Å². The van der Waals surface area contributed by atoms with Crippen molar-refractivity contribution in [3.63, 3.8) is 0 Å². The number of imide groups is 1. The van der Waals surface area contributed by atoms with Gasteiger partial charge in [0.2, 0.25) is 11.4 Å². The van der Waals surface area contributed by atoms with Crippen LogP contribution < -0.4 is 44.4 Å². The van der Waals surface area contributed by atoms with Crippen LogP contribution in [0.2, 0.25) is 30.1 Å². The number of nitrogen functional groups attached to an aromatic ring is 1. The highest BCUT2D eigenvalue weighted by Gasteiger charge is 2.19. The average Bonchev–Trinajstić information content (AvgIpc) is 3.44. The Morgan fingerprint density at radius 1 is 0.642 bits per heavy atom. The van der Waals surface area contributed by atoms with E-state index in [-0.39, 0.29) is 79.7 Å². The average molecular weight is 1220 g/mol. The number of alkyl carbamates (subject to hydrolysis) is 1. The van der Waals surface area contributed by atoms with Gasteiger partial charge in [-0.25, -0.2) is 24.9 Å². The number of hydrogen-bond acceptors (Lipinski definition) is 17. The van der Waals surface area contributed by atoms with E-state index in [2.05, 4.69) is 51.0 Å². The van der Waals surface area contributed by atoms with Crippen LogP contribution in [0, 0.1) is 22.7 Å². The SMILES string of the molecule is CC(C)c1cc(Cc2c(Cl)cc(-n3nc(C#N)c(=O)[nH]c3=O)cc2Cl)n[nH]c1=O.CC(C)c1cc(Cc2c(Cl)cc(N)cc2Cl)n[nH]c1=O.CCOC(=O)NC(=O)/C(C#N)=N\Nc1cc(Cl)c(Cc2cc(C(C)C)c(=O)[nH]n2)c(Cl)c1. The lowest BCUT2D eigenvalue weighted by Crippen LogP contribution is -2.36. The number of nitriles is 2. The molecule has 0 aliphatic rings. The molecule has 29 heteroatoms. The fraction of sp³-hybridized carbons (Fsp3) is 0.269. The molecule has 0 fully saturated rings. The molecule has 0 saturated heterocycles. The number of halogens is 6. The van der Waals surface area contributed by atoms with E-state index in [9.17, 15) is 33.6 Å². The quantitative estimate of drug-likeness (QED) is 0.0304. The van der Waals surface area contributed by atoms with Gasteiger partial charge in [0.1, 0.15) is 12.1 Å². The molecule has 23 nitrogen and oxygen atoms in total. The molecule has 0 spiro atoms. The van der Waals surface area contributed by atoms with Crippen molar-refractivity contribution in [1.82, 2.24) is 50.7 Å². The Labute approximate surface area is 490 Å². The third-order valence-corrected chi connectivity index (χ3v) is 13.3. The maximum Gasteiger partial charge on any atom is 0.414 e. The minimum absolute atomic E-state index is 0.0151. The number of H-pyrrole nitrogens is 4. The van der Waals surface area contributed by atoms with Gasteiger partial charge in [-0.15, -0.1) is 5.10 Å². The Balaban J connectivity index is 0.000000229. The number of hydrogen-bond donors (Lipinski definition) is 7. The number of hydrazone groups is 1. The Morgan fingerprint density at radius 3 is 1.41 bits per heavy atom. The van der Waals surface area contributed by atoms with Gasteiger partial charge < -0.3 is 10.5 Å². The number of anilines is 2. The second-order valence-corrected chi connectivity index (χ2v) is 20.6. The first-order valence-corrected chi connectivity index (χ1v) is 26.3. The number of rotatable bonds is 14. The highest BCUT2D eigenvalue weighted by molar-refractivity contribution is 6.47. The van der Waals surface area contributed by atoms with Crippen molar-refractivity contribution < 1.29 is 14.3 Å². The normalized spacial score (nSPS) is 11.0. The molecule has 7 rings (SSSR count). The molecule has 0 bridgehead atoms. The van der Waals surface area contributed by atoms with Crippen LogP contribution in [0.25, 0.3) is 5.69 Å². The molecule has 4 aromatic heterocycles. The van der Waals surface area contributed by atoms with Gasteiger partial charge in [-0.3, -0.25) is 39.7 Å². The Kier molecular flexibility index (Phi) is 22.7. The van der Waals surface area contributed by atoms with E-state index in [4.69, 9.17) is 85.9 Å². The number of ether oxygens (including phenoxy) is 1. The Morgan fingerprint density at radius 2 is 1.04 bits per heavy atom. The monoisotopic (exact) mass is 1220 g/mol. The van der Waals surface area contributed by atoms with Crippen LogP contribution in [0.15, 0.2) is 83.7 Å². The van der Waals surface area contributed by atoms with Crippen LogP contribution in [0.4, 0.5) is 16.2 Å². The van der Waals surface area contributed by atoms with E-state index >= 15 is 0 Å². The molecular weight excluding hydrogens is 1180 g/mol. The predicted octanol–water partition coefficient (Wildman–Crippen LogP) is 8.62. The number of benzene rings is 3. The lowest BCUT2D eigenvalue weighted by molar-refractivity contribution is -0.114. The summed E-state index contributed by atoms with van der Waals surface area (Å²) in [6.07, 6.45) is -0.0454. The molecule has 7 aromatic rings. The first-order valence-electron chi connectivity index (χ1n) is 24.1. The molecule has 81 heavy (non-hydrogen) atoms. The molecule has 0 atom stereocenters. The van der Waals surface area contributed by atoms with Crippen molar-refractivity contribution in [2.75, 3.05) is 17.8 Å². The molecule has 0 unspecified atom stereocenters. The van der Waals surface area contributed by atoms with Crippen molar-refractivity contribution in [1.29, 1.82) is 10.5 Å². The summed E-state index contributed by atoms with van der Waals surface area (Å²) in [5.41, 5.74) is 11.3. The number of nitrogens with one attached hydrogen (secondary N) is 6. The van der Waals surface area contributed by atoms with Crippen molar-refractivity contribution in [3.8, 4) is 17.8 Å². The summed E-state index contributed by atoms with van der Waals surface area (Å²) in [4.78, 5) is 84.1. The van der Waals surface area contributed by atoms with Crippen LogP contribution in [0.5, 0.6) is 0 Å². The van der Waals surface area contributed by atoms with E-state index in [0.717, 1.165) is 10.2 Å². The number of carbonyl (C=O) groups is 2. The fourth-order valence-corrected chi connectivity index (χ4v) is 9.09. The first-order chi connectivity index (χ1) is 38.2. The molecule has 0 saturated carbocycles. The second kappa shape index (κ2) is 28.8. The summed E-state index contributed by atoms with van der Waals surface area (Å²) in [6.45, 7) is 13.1. The molecule has 422 valence electrons. The molecule has 0 aliphatic heterocycles. The van der Waals surface area contributed by atoms with Gasteiger partial charge in [-0.05, 0) is 96.0 Å². The third-order valence-electron chi connectivity index (χ3n) is 11.3. The van der Waals surface area contributed by atoms with Crippen molar-refractivity contribution >= 4 is 98.7 Å². The zero-order valence-electron chi connectivity index (χ0n) is 43.9. The van der Waals surface area contributed by atoms with Gasteiger partial charge in [-0.2, -0.15) is 35.6 Å². The highest BCUT2D eigenvalue weighted by Crippen LogP contribution is 2.33. The van der Waals surface area contributed by atoms with Crippen LogP contribution in [0.1, 0.15) is 122 Å². The van der Waals surface area contributed by atoms with Gasteiger partial charge in [0.25, 0.3) is 28.1 Å². The predicted molar refractivity (Wildman–Crippen MR) is 310 cm³/mol. The van der Waals surface area contributed by atoms with Crippen LogP contribution in [-0.2, 0) is 28.8 Å². The summed E-state index contributed by atoms with van der Waals surface area (Å²) in [7, 11) is 0. The van der Waals surface area contributed by atoms with E-state index in [1.165, 1.54) is 24.3 Å². The molecule has 0 aliphatic carbocycles. The Hall–Kier alpha value is -8.16. The molecule has 4 heterocycles. The summed E-state index contributed by atoms with van der Waals surface area (Å²) in [5.74, 6) is -0.872. The van der Waals surface area contributed by atoms with Gasteiger partial charge in [0.05, 0.1) is 35.1 Å². The zero-order valence-corrected chi connectivity index (χ0v) is 48.5. The lowest BCUT2D eigenvalue weighted by Gasteiger charge is -2.11. The number of carbonyl (C=O) groups excluding carboxylic acids is 2. The fourth-order valence-electron chi connectivity index (χ4n) is 7.22. The van der Waals surface area contributed by atoms with Crippen LogP contribution >= 0.6 is 69.6 Å². The van der Waals surface area contributed by atoms with Gasteiger partial charge in [-0.1, -0.05) is 111 Å². The summed E-state index contributed by atoms with van der Waals surface area (Å²) >= 11 is 37.7. The molecule has 3 aromatic carbocycles. The van der Waals surface area contributed by atoms with E-state index in [0.29, 0.717) is 72.7 Å². The molecule has 8 N–H and O–H groups in total. The molecule has 0 radical (unpaired) electrons. The summed E-state index contributed by atoms with van der Waals surface area (Å²) in [5, 5.41) is 48.9. The van der Waals surface area contributed by atoms with Gasteiger partial charge in [0, 0.05) is 71.8 Å². The van der Waals surface area contributed by atoms with Gasteiger partial charge >= 0.3 is 11.8 Å². The van der Waals surface area contributed by atoms with Crippen molar-refractivity contribution in [2.45, 2.75) is 85.5 Å². The highest BCUT2D eigenvalue weighted by atomic mass is 35.5. The summed E-state index contributed by atoms with van der Waals surface area (Å²) < 4.78 is 5.40. The summed E-state index contributed by atoms with van der Waals surface area (Å²) in [6, 6.07) is 17.5. The Bertz CT molecular complexity index is 3880. The largest absolute Gasteiger partial charge is 0.450 e. The van der Waals surface area contributed by atoms with Crippen molar-refractivity contribution in [3.05, 3.63) is 193 Å². The number of amides is 2. The lowest BCUT2D eigenvalue weighted by atomic mass is 10.0. The van der Waals surface area contributed by atoms with E-state index in [1.807, 2.05) is 51.8 Å². The maximum absolute atomic E-state index is 12.0. The topological polar surface area (TPSA) is 358 Å².